The molecule has 0 bridgehead atoms. The van der Waals surface area contributed by atoms with Gasteiger partial charge in [-0.05, 0) is 43.8 Å². The lowest BCUT2D eigenvalue weighted by Crippen LogP contribution is -1.93. The lowest BCUT2D eigenvalue weighted by atomic mass is 10.0. The first kappa shape index (κ1) is 26.0. The van der Waals surface area contributed by atoms with Crippen LogP contribution in [0.5, 0.6) is 0 Å². The van der Waals surface area contributed by atoms with Gasteiger partial charge in [0.25, 0.3) is 0 Å². The van der Waals surface area contributed by atoms with Crippen LogP contribution < -0.4 is 0 Å². The molecule has 0 aromatic heterocycles. The van der Waals surface area contributed by atoms with Crippen LogP contribution in [0.2, 0.25) is 0 Å². The molecular weight excluding hydrogens is 362 g/mol. The minimum absolute atomic E-state index is 0.145. The van der Waals surface area contributed by atoms with E-state index in [2.05, 4.69) is 46.1 Å². The molecule has 0 nitrogen and oxygen atoms in total. The van der Waals surface area contributed by atoms with Crippen molar-refractivity contribution in [2.45, 2.75) is 32.6 Å². The molecule has 0 heterocycles. The van der Waals surface area contributed by atoms with Crippen LogP contribution in [0.15, 0.2) is 134 Å². The maximum atomic E-state index is 14.5. The highest BCUT2D eigenvalue weighted by Crippen LogP contribution is 2.29. The summed E-state index contributed by atoms with van der Waals surface area (Å²) in [6.07, 6.45) is 15.5. The summed E-state index contributed by atoms with van der Waals surface area (Å²) in [6.45, 7) is 28.1. The highest BCUT2D eigenvalue weighted by Gasteiger charge is 2.15. The first-order chi connectivity index (χ1) is 13.6. The summed E-state index contributed by atoms with van der Waals surface area (Å²) < 4.78 is 29.0. The van der Waals surface area contributed by atoms with Crippen LogP contribution in [-0.2, 0) is 0 Å². The first-order valence-electron chi connectivity index (χ1n) is 9.41. The van der Waals surface area contributed by atoms with Crippen molar-refractivity contribution in [1.29, 1.82) is 0 Å². The number of rotatable bonds is 14. The molecule has 0 fully saturated rings. The van der Waals surface area contributed by atoms with Gasteiger partial charge in [0.05, 0.1) is 0 Å². The minimum Gasteiger partial charge on any atom is -0.203 e. The van der Waals surface area contributed by atoms with Gasteiger partial charge >= 0.3 is 0 Å². The molecular formula is C27H32F2. The highest BCUT2D eigenvalue weighted by atomic mass is 19.2. The summed E-state index contributed by atoms with van der Waals surface area (Å²) in [6, 6.07) is 0. The van der Waals surface area contributed by atoms with E-state index in [1.165, 1.54) is 0 Å². The zero-order valence-electron chi connectivity index (χ0n) is 17.6. The fourth-order valence-corrected chi connectivity index (χ4v) is 2.07. The van der Waals surface area contributed by atoms with Crippen LogP contribution in [0.3, 0.4) is 0 Å². The Morgan fingerprint density at radius 2 is 1.10 bits per heavy atom. The van der Waals surface area contributed by atoms with Gasteiger partial charge in [-0.1, -0.05) is 93.2 Å². The van der Waals surface area contributed by atoms with Gasteiger partial charge in [-0.15, -0.1) is 6.58 Å². The van der Waals surface area contributed by atoms with Crippen LogP contribution in [-0.4, -0.2) is 0 Å². The second-order valence-corrected chi connectivity index (χ2v) is 6.55. The summed E-state index contributed by atoms with van der Waals surface area (Å²) in [5.74, 6) is -2.22. The fourth-order valence-electron chi connectivity index (χ4n) is 2.07. The van der Waals surface area contributed by atoms with Gasteiger partial charge in [-0.25, -0.2) is 8.78 Å². The average Bonchev–Trinajstić information content (AvgIpc) is 2.72. The summed E-state index contributed by atoms with van der Waals surface area (Å²) in [5.41, 5.74) is 1.92. The molecule has 0 aliphatic heterocycles. The number of hydrogen-bond donors (Lipinski definition) is 0. The van der Waals surface area contributed by atoms with E-state index in [0.29, 0.717) is 0 Å². The molecule has 0 atom stereocenters. The molecule has 0 saturated heterocycles. The van der Waals surface area contributed by atoms with Crippen molar-refractivity contribution >= 4 is 0 Å². The van der Waals surface area contributed by atoms with E-state index >= 15 is 0 Å². The Bertz CT molecular complexity index is 807. The molecule has 0 spiro atoms. The van der Waals surface area contributed by atoms with Crippen molar-refractivity contribution < 1.29 is 8.78 Å². The van der Waals surface area contributed by atoms with Gasteiger partial charge < -0.3 is 0 Å². The van der Waals surface area contributed by atoms with E-state index < -0.39 is 11.7 Å². The summed E-state index contributed by atoms with van der Waals surface area (Å²) >= 11 is 0. The maximum absolute atomic E-state index is 14.5. The Labute approximate surface area is 175 Å². The van der Waals surface area contributed by atoms with Crippen LogP contribution in [0.4, 0.5) is 8.78 Å². The van der Waals surface area contributed by atoms with E-state index in [4.69, 9.17) is 0 Å². The minimum atomic E-state index is -1.11. The van der Waals surface area contributed by atoms with Crippen molar-refractivity contribution in [3.05, 3.63) is 134 Å². The summed E-state index contributed by atoms with van der Waals surface area (Å²) in [5, 5.41) is 0. The van der Waals surface area contributed by atoms with Crippen molar-refractivity contribution in [3.63, 3.8) is 0 Å². The molecule has 0 unspecified atom stereocenters. The molecule has 0 aromatic carbocycles. The smallest absolute Gasteiger partial charge is 0.166 e. The number of allylic oxidation sites excluding steroid dienone is 15. The van der Waals surface area contributed by atoms with Gasteiger partial charge in [0, 0.05) is 11.1 Å². The van der Waals surface area contributed by atoms with Crippen LogP contribution in [0, 0.1) is 0 Å². The molecule has 0 saturated carbocycles. The highest BCUT2D eigenvalue weighted by molar-refractivity contribution is 5.55. The molecule has 2 heteroatoms. The van der Waals surface area contributed by atoms with E-state index in [1.54, 1.807) is 30.4 Å². The van der Waals surface area contributed by atoms with Gasteiger partial charge in [-0.3, -0.25) is 0 Å². The summed E-state index contributed by atoms with van der Waals surface area (Å²) in [4.78, 5) is 0. The van der Waals surface area contributed by atoms with E-state index in [9.17, 15) is 8.78 Å². The van der Waals surface area contributed by atoms with E-state index in [-0.39, 0.29) is 22.3 Å². The molecule has 0 N–H and O–H groups in total. The standard InChI is InChI=1S/C27H32F2/c1-9-11-13-15-21(4)17-19-23(6)25(8)27(29)26(28)24(7)22(5)18-16-20(3)14-12-10-2/h9-11,16-19H,2-8,12-15H2,1H3/b11-9+,18-16-,19-17-,27-26-. The molecule has 0 amide bonds. The van der Waals surface area contributed by atoms with Gasteiger partial charge in [0.15, 0.2) is 11.7 Å². The second-order valence-electron chi connectivity index (χ2n) is 6.55. The van der Waals surface area contributed by atoms with Crippen LogP contribution in [0.25, 0.3) is 0 Å². The molecule has 154 valence electrons. The molecule has 0 aliphatic carbocycles. The van der Waals surface area contributed by atoms with Gasteiger partial charge in [0.2, 0.25) is 0 Å². The fraction of sp³-hybridized carbons (Fsp3) is 0.185. The third kappa shape index (κ3) is 10.2. The number of hydrogen-bond acceptors (Lipinski definition) is 0. The predicted molar refractivity (Wildman–Crippen MR) is 126 cm³/mol. The maximum Gasteiger partial charge on any atom is 0.166 e. The first-order valence-corrected chi connectivity index (χ1v) is 9.41. The molecule has 0 rings (SSSR count). The van der Waals surface area contributed by atoms with E-state index in [1.807, 2.05) is 19.1 Å². The van der Waals surface area contributed by atoms with Gasteiger partial charge in [-0.2, -0.15) is 0 Å². The number of halogens is 2. The Morgan fingerprint density at radius 1 is 0.690 bits per heavy atom. The Balaban J connectivity index is 5.07. The van der Waals surface area contributed by atoms with Gasteiger partial charge in [0.1, 0.15) is 0 Å². The Hall–Kier alpha value is -3.00. The molecule has 0 aliphatic rings. The van der Waals surface area contributed by atoms with Crippen molar-refractivity contribution in [3.8, 4) is 0 Å². The third-order valence-corrected chi connectivity index (χ3v) is 4.08. The van der Waals surface area contributed by atoms with Crippen LogP contribution >= 0.6 is 0 Å². The predicted octanol–water partition coefficient (Wildman–Crippen LogP) is 8.91. The molecule has 0 aromatic rings. The third-order valence-electron chi connectivity index (χ3n) is 4.08. The molecule has 0 radical (unpaired) electrons. The SMILES string of the molecule is C=CCCC(=C)/C=C\C(=C)C(=C)/C(F)=C(/F)C(=C)C(=C)/C=C\C(=C)CC/C=C/C. The Kier molecular flexibility index (Phi) is 12.6. The van der Waals surface area contributed by atoms with Crippen molar-refractivity contribution in [2.24, 2.45) is 0 Å². The second kappa shape index (κ2) is 14.1. The van der Waals surface area contributed by atoms with Crippen LogP contribution in [0.1, 0.15) is 32.6 Å². The quantitative estimate of drug-likeness (QED) is 0.204. The lowest BCUT2D eigenvalue weighted by Gasteiger charge is -2.08. The van der Waals surface area contributed by atoms with Crippen molar-refractivity contribution in [2.75, 3.05) is 0 Å². The van der Waals surface area contributed by atoms with Crippen molar-refractivity contribution in [1.82, 2.24) is 0 Å². The Morgan fingerprint density at radius 3 is 1.48 bits per heavy atom. The zero-order chi connectivity index (χ0) is 22.4. The monoisotopic (exact) mass is 394 g/mol. The summed E-state index contributed by atoms with van der Waals surface area (Å²) in [7, 11) is 0. The van der Waals surface area contributed by atoms with E-state index in [0.717, 1.165) is 36.8 Å². The zero-order valence-corrected chi connectivity index (χ0v) is 17.6. The average molecular weight is 395 g/mol. The normalized spacial score (nSPS) is 12.2. The largest absolute Gasteiger partial charge is 0.203 e. The lowest BCUT2D eigenvalue weighted by molar-refractivity contribution is 0.560. The topological polar surface area (TPSA) is 0 Å². The molecule has 29 heavy (non-hydrogen) atoms.